The Morgan fingerprint density at radius 2 is 1.96 bits per heavy atom. The second-order valence-corrected chi connectivity index (χ2v) is 6.75. The van der Waals surface area contributed by atoms with Gasteiger partial charge in [-0.15, -0.1) is 0 Å². The SMILES string of the molecule is C[C@@H](NC(=O)c1c(F)cccc1Cl)C(=O)N1CCOC(c2ccccc2)C1. The number of carbonyl (C=O) groups is 2. The summed E-state index contributed by atoms with van der Waals surface area (Å²) in [5.74, 6) is -1.69. The molecule has 0 spiro atoms. The molecule has 142 valence electrons. The van der Waals surface area contributed by atoms with E-state index in [-0.39, 0.29) is 22.6 Å². The first kappa shape index (κ1) is 19.3. The second kappa shape index (κ2) is 8.50. The molecule has 2 atom stereocenters. The fraction of sp³-hybridized carbons (Fsp3) is 0.300. The van der Waals surface area contributed by atoms with Crippen molar-refractivity contribution in [3.63, 3.8) is 0 Å². The topological polar surface area (TPSA) is 58.6 Å². The molecule has 0 aromatic heterocycles. The van der Waals surface area contributed by atoms with Crippen LogP contribution in [0.4, 0.5) is 4.39 Å². The van der Waals surface area contributed by atoms with Crippen molar-refractivity contribution in [3.05, 3.63) is 70.5 Å². The lowest BCUT2D eigenvalue weighted by Gasteiger charge is -2.34. The Kier molecular flexibility index (Phi) is 6.08. The normalized spacial score (nSPS) is 18.0. The monoisotopic (exact) mass is 390 g/mol. The van der Waals surface area contributed by atoms with E-state index in [0.717, 1.165) is 11.6 Å². The van der Waals surface area contributed by atoms with E-state index in [1.165, 1.54) is 12.1 Å². The first-order valence-electron chi connectivity index (χ1n) is 8.67. The van der Waals surface area contributed by atoms with E-state index < -0.39 is 17.8 Å². The molecule has 2 aromatic carbocycles. The third-order valence-electron chi connectivity index (χ3n) is 4.46. The molecule has 1 aliphatic heterocycles. The third-order valence-corrected chi connectivity index (χ3v) is 4.77. The zero-order chi connectivity index (χ0) is 19.4. The van der Waals surface area contributed by atoms with Crippen molar-refractivity contribution in [3.8, 4) is 0 Å². The summed E-state index contributed by atoms with van der Waals surface area (Å²) < 4.78 is 19.6. The predicted octanol–water partition coefficient (Wildman–Crippen LogP) is 3.20. The van der Waals surface area contributed by atoms with Crippen LogP contribution in [-0.2, 0) is 9.53 Å². The Balaban J connectivity index is 1.65. The van der Waals surface area contributed by atoms with Gasteiger partial charge in [0.1, 0.15) is 18.0 Å². The van der Waals surface area contributed by atoms with E-state index >= 15 is 0 Å². The summed E-state index contributed by atoms with van der Waals surface area (Å²) in [5.41, 5.74) is 0.729. The lowest BCUT2D eigenvalue weighted by atomic mass is 10.1. The highest BCUT2D eigenvalue weighted by Crippen LogP contribution is 2.23. The fourth-order valence-electron chi connectivity index (χ4n) is 3.04. The summed E-state index contributed by atoms with van der Waals surface area (Å²) in [5, 5.41) is 2.54. The van der Waals surface area contributed by atoms with Gasteiger partial charge in [0.25, 0.3) is 5.91 Å². The average molecular weight is 391 g/mol. The van der Waals surface area contributed by atoms with Crippen molar-refractivity contribution in [1.82, 2.24) is 10.2 Å². The number of amides is 2. The van der Waals surface area contributed by atoms with Crippen LogP contribution in [0.25, 0.3) is 0 Å². The van der Waals surface area contributed by atoms with Crippen LogP contribution in [0.3, 0.4) is 0 Å². The van der Waals surface area contributed by atoms with E-state index in [0.29, 0.717) is 19.7 Å². The molecule has 1 fully saturated rings. The van der Waals surface area contributed by atoms with Gasteiger partial charge in [-0.05, 0) is 24.6 Å². The smallest absolute Gasteiger partial charge is 0.256 e. The Labute approximate surface area is 162 Å². The molecule has 1 N–H and O–H groups in total. The minimum absolute atomic E-state index is 0.00247. The molecule has 0 bridgehead atoms. The second-order valence-electron chi connectivity index (χ2n) is 6.35. The number of hydrogen-bond acceptors (Lipinski definition) is 3. The zero-order valence-electron chi connectivity index (χ0n) is 14.8. The summed E-state index contributed by atoms with van der Waals surface area (Å²) in [4.78, 5) is 26.7. The van der Waals surface area contributed by atoms with Gasteiger partial charge < -0.3 is 15.0 Å². The van der Waals surface area contributed by atoms with E-state index in [9.17, 15) is 14.0 Å². The number of hydrogen-bond donors (Lipinski definition) is 1. The Morgan fingerprint density at radius 3 is 2.67 bits per heavy atom. The zero-order valence-corrected chi connectivity index (χ0v) is 15.6. The number of nitrogens with one attached hydrogen (secondary N) is 1. The van der Waals surface area contributed by atoms with Crippen molar-refractivity contribution < 1.29 is 18.7 Å². The largest absolute Gasteiger partial charge is 0.370 e. The molecular weight excluding hydrogens is 371 g/mol. The number of ether oxygens (including phenoxy) is 1. The highest BCUT2D eigenvalue weighted by atomic mass is 35.5. The van der Waals surface area contributed by atoms with Crippen LogP contribution in [0.2, 0.25) is 5.02 Å². The highest BCUT2D eigenvalue weighted by molar-refractivity contribution is 6.33. The lowest BCUT2D eigenvalue weighted by molar-refractivity contribution is -0.140. The summed E-state index contributed by atoms with van der Waals surface area (Å²) >= 11 is 5.91. The van der Waals surface area contributed by atoms with Gasteiger partial charge in [0.2, 0.25) is 5.91 Å². The molecular formula is C20H20ClFN2O3. The standard InChI is InChI=1S/C20H20ClFN2O3/c1-13(23-19(25)18-15(21)8-5-9-16(18)22)20(26)24-10-11-27-17(12-24)14-6-3-2-4-7-14/h2-9,13,17H,10-12H2,1H3,(H,23,25)/t13-,17?/m1/s1. The number of morpholine rings is 1. The summed E-state index contributed by atoms with van der Waals surface area (Å²) in [6.45, 7) is 2.80. The molecule has 5 nitrogen and oxygen atoms in total. The Morgan fingerprint density at radius 1 is 1.22 bits per heavy atom. The molecule has 1 saturated heterocycles. The molecule has 2 aromatic rings. The van der Waals surface area contributed by atoms with Crippen molar-refractivity contribution in [2.75, 3.05) is 19.7 Å². The first-order chi connectivity index (χ1) is 13.0. The predicted molar refractivity (Wildman–Crippen MR) is 100 cm³/mol. The molecule has 0 saturated carbocycles. The maximum absolute atomic E-state index is 13.9. The summed E-state index contributed by atoms with van der Waals surface area (Å²) in [6, 6.07) is 12.8. The molecule has 1 aliphatic rings. The van der Waals surface area contributed by atoms with Gasteiger partial charge in [-0.25, -0.2) is 4.39 Å². The maximum Gasteiger partial charge on any atom is 0.256 e. The fourth-order valence-corrected chi connectivity index (χ4v) is 3.29. The molecule has 7 heteroatoms. The van der Waals surface area contributed by atoms with Crippen LogP contribution in [0.5, 0.6) is 0 Å². The number of nitrogens with zero attached hydrogens (tertiary/aromatic N) is 1. The van der Waals surface area contributed by atoms with Crippen LogP contribution < -0.4 is 5.32 Å². The van der Waals surface area contributed by atoms with E-state index in [1.807, 2.05) is 30.3 Å². The van der Waals surface area contributed by atoms with Crippen LogP contribution in [0.15, 0.2) is 48.5 Å². The summed E-state index contributed by atoms with van der Waals surface area (Å²) in [6.07, 6.45) is -0.215. The minimum Gasteiger partial charge on any atom is -0.370 e. The van der Waals surface area contributed by atoms with Gasteiger partial charge in [-0.1, -0.05) is 48.0 Å². The van der Waals surface area contributed by atoms with Gasteiger partial charge in [0.05, 0.1) is 23.7 Å². The van der Waals surface area contributed by atoms with Crippen molar-refractivity contribution in [1.29, 1.82) is 0 Å². The molecule has 1 unspecified atom stereocenters. The molecule has 0 aliphatic carbocycles. The Hall–Kier alpha value is -2.44. The quantitative estimate of drug-likeness (QED) is 0.872. The lowest BCUT2D eigenvalue weighted by Crippen LogP contribution is -2.51. The van der Waals surface area contributed by atoms with Crippen LogP contribution in [-0.4, -0.2) is 42.5 Å². The van der Waals surface area contributed by atoms with Crippen molar-refractivity contribution >= 4 is 23.4 Å². The molecule has 0 radical (unpaired) electrons. The number of benzene rings is 2. The molecule has 27 heavy (non-hydrogen) atoms. The third kappa shape index (κ3) is 4.46. The van der Waals surface area contributed by atoms with Gasteiger partial charge in [0.15, 0.2) is 0 Å². The number of carbonyl (C=O) groups excluding carboxylic acids is 2. The van der Waals surface area contributed by atoms with Gasteiger partial charge >= 0.3 is 0 Å². The van der Waals surface area contributed by atoms with Gasteiger partial charge in [-0.3, -0.25) is 9.59 Å². The number of rotatable bonds is 4. The van der Waals surface area contributed by atoms with Crippen LogP contribution in [0.1, 0.15) is 28.9 Å². The van der Waals surface area contributed by atoms with Crippen LogP contribution in [0, 0.1) is 5.82 Å². The van der Waals surface area contributed by atoms with Crippen molar-refractivity contribution in [2.45, 2.75) is 19.1 Å². The average Bonchev–Trinajstić information content (AvgIpc) is 2.68. The van der Waals surface area contributed by atoms with Gasteiger partial charge in [-0.2, -0.15) is 0 Å². The highest BCUT2D eigenvalue weighted by Gasteiger charge is 2.29. The van der Waals surface area contributed by atoms with Gasteiger partial charge in [0, 0.05) is 6.54 Å². The Bertz CT molecular complexity index is 811. The first-order valence-corrected chi connectivity index (χ1v) is 9.05. The molecule has 2 amide bonds. The van der Waals surface area contributed by atoms with E-state index in [1.54, 1.807) is 11.8 Å². The number of halogens is 2. The maximum atomic E-state index is 13.9. The molecule has 3 rings (SSSR count). The summed E-state index contributed by atoms with van der Waals surface area (Å²) in [7, 11) is 0. The van der Waals surface area contributed by atoms with E-state index in [2.05, 4.69) is 5.32 Å². The van der Waals surface area contributed by atoms with Crippen molar-refractivity contribution in [2.24, 2.45) is 0 Å². The molecule has 1 heterocycles. The van der Waals surface area contributed by atoms with E-state index in [4.69, 9.17) is 16.3 Å². The van der Waals surface area contributed by atoms with Crippen LogP contribution >= 0.6 is 11.6 Å². The minimum atomic E-state index is -0.817.